The molecule has 0 atom stereocenters. The second-order valence-electron chi connectivity index (χ2n) is 4.77. The summed E-state index contributed by atoms with van der Waals surface area (Å²) in [5, 5.41) is -0.408. The van der Waals surface area contributed by atoms with Crippen LogP contribution >= 0.6 is 92.8 Å². The summed E-state index contributed by atoms with van der Waals surface area (Å²) < 4.78 is 9.93. The summed E-state index contributed by atoms with van der Waals surface area (Å²) in [6.07, 6.45) is 1.52. The minimum atomic E-state index is -0.995. The highest BCUT2D eigenvalue weighted by Gasteiger charge is 2.19. The van der Waals surface area contributed by atoms with Crippen LogP contribution in [-0.4, -0.2) is 11.9 Å². The second kappa shape index (κ2) is 9.96. The average Bonchev–Trinajstić information content (AvgIpc) is 2.63. The Morgan fingerprint density at radius 1 is 0.571 bits per heavy atom. The Morgan fingerprint density at radius 3 is 1.21 bits per heavy atom. The van der Waals surface area contributed by atoms with Crippen LogP contribution in [0.25, 0.3) is 0 Å². The van der Waals surface area contributed by atoms with Gasteiger partial charge >= 0.3 is 11.9 Å². The molecule has 0 heterocycles. The largest absolute Gasteiger partial charge is 0.420 e. The predicted molar refractivity (Wildman–Crippen MR) is 113 cm³/mol. The van der Waals surface area contributed by atoms with Crippen molar-refractivity contribution in [2.75, 3.05) is 0 Å². The minimum absolute atomic E-state index is 0.0529. The van der Waals surface area contributed by atoms with E-state index in [9.17, 15) is 9.59 Å². The Kier molecular flexibility index (Phi) is 8.44. The van der Waals surface area contributed by atoms with E-state index in [0.29, 0.717) is 0 Å². The number of hydrogen-bond donors (Lipinski definition) is 0. The molecule has 2 rings (SSSR count). The number of esters is 2. The lowest BCUT2D eigenvalue weighted by Crippen LogP contribution is -2.09. The summed E-state index contributed by atoms with van der Waals surface area (Å²) in [6, 6.07) is 2.48. The van der Waals surface area contributed by atoms with Crippen molar-refractivity contribution in [2.45, 2.75) is 0 Å². The monoisotopic (exact) mass is 540 g/mol. The van der Waals surface area contributed by atoms with Crippen molar-refractivity contribution in [1.82, 2.24) is 0 Å². The van der Waals surface area contributed by atoms with Crippen molar-refractivity contribution >= 4 is 105 Å². The van der Waals surface area contributed by atoms with Gasteiger partial charge in [0.2, 0.25) is 0 Å². The zero-order chi connectivity index (χ0) is 21.2. The SMILES string of the molecule is O=C(/C=C/C(=O)Oc1c(Cl)cc(Cl)c(Cl)c1Cl)Oc1c(Cl)cc(Cl)c(Cl)c1Cl. The van der Waals surface area contributed by atoms with Gasteiger partial charge in [-0.3, -0.25) is 0 Å². The first kappa shape index (κ1) is 23.7. The molecule has 0 radical (unpaired) electrons. The topological polar surface area (TPSA) is 52.6 Å². The predicted octanol–water partition coefficient (Wildman–Crippen LogP) is 7.98. The van der Waals surface area contributed by atoms with E-state index < -0.39 is 11.9 Å². The number of rotatable bonds is 4. The molecule has 4 nitrogen and oxygen atoms in total. The Labute approximate surface area is 198 Å². The van der Waals surface area contributed by atoms with Gasteiger partial charge < -0.3 is 9.47 Å². The molecule has 0 aliphatic carbocycles. The molecule has 148 valence electrons. The highest BCUT2D eigenvalue weighted by molar-refractivity contribution is 6.51. The fraction of sp³-hybridized carbons (Fsp3) is 0. The molecule has 0 unspecified atom stereocenters. The molecule has 0 aliphatic heterocycles. The van der Waals surface area contributed by atoms with Gasteiger partial charge in [-0.25, -0.2) is 9.59 Å². The molecule has 0 spiro atoms. The van der Waals surface area contributed by atoms with Crippen LogP contribution in [0.5, 0.6) is 11.5 Å². The van der Waals surface area contributed by atoms with Gasteiger partial charge in [0.25, 0.3) is 0 Å². The number of halogens is 8. The summed E-state index contributed by atoms with van der Waals surface area (Å²) >= 11 is 47.0. The smallest absolute Gasteiger partial charge is 0.336 e. The third-order valence-corrected chi connectivity index (χ3v) is 5.96. The van der Waals surface area contributed by atoms with E-state index in [1.165, 1.54) is 12.1 Å². The van der Waals surface area contributed by atoms with Crippen molar-refractivity contribution in [3.8, 4) is 11.5 Å². The minimum Gasteiger partial charge on any atom is -0.420 e. The van der Waals surface area contributed by atoms with Gasteiger partial charge in [0.05, 0.1) is 30.1 Å². The van der Waals surface area contributed by atoms with E-state index in [2.05, 4.69) is 0 Å². The van der Waals surface area contributed by atoms with Crippen LogP contribution in [0, 0.1) is 0 Å². The Balaban J connectivity index is 2.13. The van der Waals surface area contributed by atoms with E-state index in [1.54, 1.807) is 0 Å². The first-order valence-electron chi connectivity index (χ1n) is 6.80. The number of hydrogen-bond acceptors (Lipinski definition) is 4. The molecule has 0 bridgehead atoms. The number of ether oxygens (including phenoxy) is 2. The maximum absolute atomic E-state index is 11.9. The van der Waals surface area contributed by atoms with Gasteiger partial charge in [0.1, 0.15) is 10.0 Å². The molecule has 0 amide bonds. The molecule has 0 aromatic heterocycles. The van der Waals surface area contributed by atoms with Crippen LogP contribution < -0.4 is 9.47 Å². The maximum Gasteiger partial charge on any atom is 0.336 e. The molecule has 0 saturated carbocycles. The Hall–Kier alpha value is -0.560. The molecular weight excluding hydrogens is 540 g/mol. The zero-order valence-corrected chi connectivity index (χ0v) is 19.0. The fourth-order valence-electron chi connectivity index (χ4n) is 1.69. The first-order valence-corrected chi connectivity index (χ1v) is 9.83. The molecule has 0 aliphatic rings. The van der Waals surface area contributed by atoms with Gasteiger partial charge in [-0.1, -0.05) is 92.8 Å². The van der Waals surface area contributed by atoms with Crippen LogP contribution in [0.4, 0.5) is 0 Å². The lowest BCUT2D eigenvalue weighted by atomic mass is 10.3. The first-order chi connectivity index (χ1) is 13.0. The third-order valence-electron chi connectivity index (χ3n) is 2.91. The molecule has 2 aromatic rings. The van der Waals surface area contributed by atoms with Crippen molar-refractivity contribution in [3.05, 3.63) is 64.5 Å². The summed E-state index contributed by atoms with van der Waals surface area (Å²) in [4.78, 5) is 23.8. The van der Waals surface area contributed by atoms with E-state index in [1.807, 2.05) is 0 Å². The standard InChI is InChI=1S/C16H4Cl8O4/c17-5-3-7(19)15(13(23)11(5)21)27-9(25)1-2-10(26)28-16-8(20)4-6(18)12(22)14(16)24/h1-4H/b2-1+. The van der Waals surface area contributed by atoms with Crippen LogP contribution in [0.15, 0.2) is 24.3 Å². The molecule has 2 aromatic carbocycles. The molecule has 28 heavy (non-hydrogen) atoms. The second-order valence-corrected chi connectivity index (χ2v) is 7.91. The van der Waals surface area contributed by atoms with Crippen LogP contribution in [0.1, 0.15) is 0 Å². The lowest BCUT2D eigenvalue weighted by molar-refractivity contribution is -0.131. The van der Waals surface area contributed by atoms with Gasteiger partial charge in [-0.2, -0.15) is 0 Å². The van der Waals surface area contributed by atoms with E-state index >= 15 is 0 Å². The van der Waals surface area contributed by atoms with E-state index in [0.717, 1.165) is 12.2 Å². The number of carbonyl (C=O) groups excluding carboxylic acids is 2. The molecule has 0 saturated heterocycles. The van der Waals surface area contributed by atoms with Gasteiger partial charge in [-0.05, 0) is 12.1 Å². The Morgan fingerprint density at radius 2 is 0.893 bits per heavy atom. The average molecular weight is 544 g/mol. The van der Waals surface area contributed by atoms with E-state index in [4.69, 9.17) is 102 Å². The van der Waals surface area contributed by atoms with E-state index in [-0.39, 0.29) is 51.7 Å². The highest BCUT2D eigenvalue weighted by atomic mass is 35.5. The fourth-order valence-corrected chi connectivity index (χ4v) is 3.65. The summed E-state index contributed by atoms with van der Waals surface area (Å²) in [5.41, 5.74) is 0. The molecule has 0 fully saturated rings. The number of carbonyl (C=O) groups is 2. The third kappa shape index (κ3) is 5.53. The number of benzene rings is 2. The molecular formula is C16H4Cl8O4. The van der Waals surface area contributed by atoms with Crippen molar-refractivity contribution in [1.29, 1.82) is 0 Å². The van der Waals surface area contributed by atoms with Crippen molar-refractivity contribution in [2.24, 2.45) is 0 Å². The summed E-state index contributed by atoms with van der Waals surface area (Å²) in [7, 11) is 0. The van der Waals surface area contributed by atoms with Crippen molar-refractivity contribution in [3.63, 3.8) is 0 Å². The molecule has 0 N–H and O–H groups in total. The quantitative estimate of drug-likeness (QED) is 0.129. The summed E-state index contributed by atoms with van der Waals surface area (Å²) in [6.45, 7) is 0. The van der Waals surface area contributed by atoms with Crippen LogP contribution in [-0.2, 0) is 9.59 Å². The van der Waals surface area contributed by atoms with Crippen LogP contribution in [0.3, 0.4) is 0 Å². The van der Waals surface area contributed by atoms with Gasteiger partial charge in [0.15, 0.2) is 11.5 Å². The molecule has 12 heteroatoms. The van der Waals surface area contributed by atoms with Gasteiger partial charge in [0, 0.05) is 12.2 Å². The lowest BCUT2D eigenvalue weighted by Gasteiger charge is -2.09. The van der Waals surface area contributed by atoms with Crippen molar-refractivity contribution < 1.29 is 19.1 Å². The Bertz CT molecular complexity index is 924. The maximum atomic E-state index is 11.9. The van der Waals surface area contributed by atoms with Crippen LogP contribution in [0.2, 0.25) is 40.2 Å². The zero-order valence-electron chi connectivity index (χ0n) is 13.0. The van der Waals surface area contributed by atoms with Gasteiger partial charge in [-0.15, -0.1) is 0 Å². The normalized spacial score (nSPS) is 11.0. The highest BCUT2D eigenvalue weighted by Crippen LogP contribution is 2.43. The summed E-state index contributed by atoms with van der Waals surface area (Å²) in [5.74, 6) is -2.44.